The third-order valence-corrected chi connectivity index (χ3v) is 4.45. The summed E-state index contributed by atoms with van der Waals surface area (Å²) in [6.45, 7) is 4.48. The Morgan fingerprint density at radius 1 is 1.13 bits per heavy atom. The van der Waals surface area contributed by atoms with E-state index in [0.29, 0.717) is 31.0 Å². The lowest BCUT2D eigenvalue weighted by atomic mass is 10.1. The standard InChI is InChI=1S/C23H31FN4O2.HI/c1-5-25-23(28(4)15-16-30-21-11-9-20(24)10-12-21)26-14-13-18-7-6-8-19(17-18)22(29)27(2)3;/h6-12,17H,5,13-16H2,1-4H3,(H,25,26);1H. The molecule has 0 heterocycles. The molecular weight excluding hydrogens is 510 g/mol. The molecule has 170 valence electrons. The lowest BCUT2D eigenvalue weighted by Gasteiger charge is -2.22. The highest BCUT2D eigenvalue weighted by atomic mass is 127. The van der Waals surface area contributed by atoms with E-state index in [1.54, 1.807) is 31.1 Å². The number of carbonyl (C=O) groups is 1. The maximum atomic E-state index is 13.0. The molecule has 0 saturated carbocycles. The Morgan fingerprint density at radius 3 is 2.48 bits per heavy atom. The van der Waals surface area contributed by atoms with Crippen molar-refractivity contribution < 1.29 is 13.9 Å². The van der Waals surface area contributed by atoms with Crippen LogP contribution in [0.3, 0.4) is 0 Å². The number of guanidine groups is 1. The number of aliphatic imine (C=N–C) groups is 1. The highest BCUT2D eigenvalue weighted by Gasteiger charge is 2.09. The van der Waals surface area contributed by atoms with Crippen molar-refractivity contribution in [1.82, 2.24) is 15.1 Å². The van der Waals surface area contributed by atoms with Crippen LogP contribution >= 0.6 is 24.0 Å². The summed E-state index contributed by atoms with van der Waals surface area (Å²) in [5.74, 6) is 1.15. The summed E-state index contributed by atoms with van der Waals surface area (Å²) < 4.78 is 18.6. The number of nitrogens with one attached hydrogen (secondary N) is 1. The number of halogens is 2. The molecule has 31 heavy (non-hydrogen) atoms. The second-order valence-corrected chi connectivity index (χ2v) is 7.11. The molecule has 8 heteroatoms. The van der Waals surface area contributed by atoms with Gasteiger partial charge in [-0.3, -0.25) is 9.79 Å². The van der Waals surface area contributed by atoms with E-state index in [9.17, 15) is 9.18 Å². The van der Waals surface area contributed by atoms with E-state index >= 15 is 0 Å². The van der Waals surface area contributed by atoms with Gasteiger partial charge in [0, 0.05) is 39.8 Å². The quantitative estimate of drug-likeness (QED) is 0.299. The minimum absolute atomic E-state index is 0. The molecule has 1 N–H and O–H groups in total. The van der Waals surface area contributed by atoms with Crippen LogP contribution in [0.25, 0.3) is 0 Å². The first-order valence-corrected chi connectivity index (χ1v) is 10.1. The predicted octanol–water partition coefficient (Wildman–Crippen LogP) is 3.66. The molecule has 2 aromatic rings. The molecule has 0 aliphatic carbocycles. The van der Waals surface area contributed by atoms with Crippen LogP contribution in [0.1, 0.15) is 22.8 Å². The largest absolute Gasteiger partial charge is 0.492 e. The van der Waals surface area contributed by atoms with Gasteiger partial charge >= 0.3 is 0 Å². The Hall–Kier alpha value is -2.36. The number of nitrogens with zero attached hydrogens (tertiary/aromatic N) is 3. The maximum Gasteiger partial charge on any atom is 0.253 e. The molecule has 2 aromatic carbocycles. The van der Waals surface area contributed by atoms with E-state index in [1.165, 1.54) is 12.1 Å². The monoisotopic (exact) mass is 542 g/mol. The smallest absolute Gasteiger partial charge is 0.253 e. The van der Waals surface area contributed by atoms with Crippen molar-refractivity contribution in [1.29, 1.82) is 0 Å². The number of rotatable bonds is 9. The van der Waals surface area contributed by atoms with E-state index in [4.69, 9.17) is 4.74 Å². The molecule has 0 aliphatic rings. The minimum atomic E-state index is -0.280. The third-order valence-electron chi connectivity index (χ3n) is 4.45. The Morgan fingerprint density at radius 2 is 1.84 bits per heavy atom. The van der Waals surface area contributed by atoms with Gasteiger partial charge in [0.05, 0.1) is 6.54 Å². The van der Waals surface area contributed by atoms with Gasteiger partial charge in [-0.05, 0) is 55.3 Å². The SMILES string of the molecule is CCNC(=NCCc1cccc(C(=O)N(C)C)c1)N(C)CCOc1ccc(F)cc1.I. The van der Waals surface area contributed by atoms with Crippen LogP contribution in [0.5, 0.6) is 5.75 Å². The van der Waals surface area contributed by atoms with Crippen LogP contribution in [0.15, 0.2) is 53.5 Å². The van der Waals surface area contributed by atoms with Gasteiger partial charge in [0.2, 0.25) is 0 Å². The molecular formula is C23H32FIN4O2. The predicted molar refractivity (Wildman–Crippen MR) is 134 cm³/mol. The van der Waals surface area contributed by atoms with Crippen LogP contribution in [0.2, 0.25) is 0 Å². The Labute approximate surface area is 201 Å². The van der Waals surface area contributed by atoms with Gasteiger partial charge in [0.15, 0.2) is 5.96 Å². The van der Waals surface area contributed by atoms with Crippen molar-refractivity contribution in [3.8, 4) is 5.75 Å². The van der Waals surface area contributed by atoms with Crippen LogP contribution in [0, 0.1) is 5.82 Å². The van der Waals surface area contributed by atoms with Gasteiger partial charge in [0.25, 0.3) is 5.91 Å². The average molecular weight is 542 g/mol. The first kappa shape index (κ1) is 26.7. The number of likely N-dealkylation sites (N-methyl/N-ethyl adjacent to an activating group) is 1. The summed E-state index contributed by atoms with van der Waals surface area (Å²) in [5, 5.41) is 3.28. The molecule has 1 amide bonds. The molecule has 0 spiro atoms. The second kappa shape index (κ2) is 13.8. The van der Waals surface area contributed by atoms with Gasteiger partial charge in [0.1, 0.15) is 18.2 Å². The van der Waals surface area contributed by atoms with Crippen LogP contribution in [0.4, 0.5) is 4.39 Å². The summed E-state index contributed by atoms with van der Waals surface area (Å²) in [6, 6.07) is 13.7. The van der Waals surface area contributed by atoms with Gasteiger partial charge in [-0.1, -0.05) is 12.1 Å². The van der Waals surface area contributed by atoms with Crippen LogP contribution in [-0.4, -0.2) is 69.1 Å². The zero-order valence-corrected chi connectivity index (χ0v) is 20.9. The molecule has 0 aromatic heterocycles. The summed E-state index contributed by atoms with van der Waals surface area (Å²) in [4.78, 5) is 20.4. The fourth-order valence-corrected chi connectivity index (χ4v) is 2.82. The van der Waals surface area contributed by atoms with Gasteiger partial charge in [-0.2, -0.15) is 0 Å². The van der Waals surface area contributed by atoms with E-state index in [0.717, 1.165) is 24.5 Å². The fraction of sp³-hybridized carbons (Fsp3) is 0.391. The van der Waals surface area contributed by atoms with E-state index in [1.807, 2.05) is 43.1 Å². The van der Waals surface area contributed by atoms with Crippen LogP contribution < -0.4 is 10.1 Å². The summed E-state index contributed by atoms with van der Waals surface area (Å²) in [6.07, 6.45) is 0.739. The summed E-state index contributed by atoms with van der Waals surface area (Å²) >= 11 is 0. The first-order valence-electron chi connectivity index (χ1n) is 10.1. The van der Waals surface area contributed by atoms with Gasteiger partial charge in [-0.25, -0.2) is 4.39 Å². The highest BCUT2D eigenvalue weighted by Crippen LogP contribution is 2.11. The second-order valence-electron chi connectivity index (χ2n) is 7.11. The molecule has 0 radical (unpaired) electrons. The normalized spacial score (nSPS) is 10.8. The van der Waals surface area contributed by atoms with Crippen molar-refractivity contribution >= 4 is 35.8 Å². The molecule has 0 unspecified atom stereocenters. The minimum Gasteiger partial charge on any atom is -0.492 e. The lowest BCUT2D eigenvalue weighted by molar-refractivity contribution is 0.0827. The van der Waals surface area contributed by atoms with Crippen molar-refractivity contribution in [3.05, 3.63) is 65.5 Å². The highest BCUT2D eigenvalue weighted by molar-refractivity contribution is 14.0. The fourth-order valence-electron chi connectivity index (χ4n) is 2.82. The Balaban J connectivity index is 0.00000480. The van der Waals surface area contributed by atoms with Gasteiger partial charge < -0.3 is 19.9 Å². The molecule has 0 bridgehead atoms. The lowest BCUT2D eigenvalue weighted by Crippen LogP contribution is -2.41. The zero-order chi connectivity index (χ0) is 21.9. The molecule has 0 atom stereocenters. The van der Waals surface area contributed by atoms with E-state index < -0.39 is 0 Å². The number of hydrogen-bond acceptors (Lipinski definition) is 3. The van der Waals surface area contributed by atoms with E-state index in [-0.39, 0.29) is 35.7 Å². The van der Waals surface area contributed by atoms with Gasteiger partial charge in [-0.15, -0.1) is 24.0 Å². The third kappa shape index (κ3) is 9.12. The number of amides is 1. The van der Waals surface area contributed by atoms with Crippen molar-refractivity contribution in [2.24, 2.45) is 4.99 Å². The van der Waals surface area contributed by atoms with Crippen molar-refractivity contribution in [2.45, 2.75) is 13.3 Å². The molecule has 0 fully saturated rings. The Bertz CT molecular complexity index is 844. The summed E-state index contributed by atoms with van der Waals surface area (Å²) in [5.41, 5.74) is 1.76. The zero-order valence-electron chi connectivity index (χ0n) is 18.6. The number of benzene rings is 2. The van der Waals surface area contributed by atoms with Crippen molar-refractivity contribution in [2.75, 3.05) is 47.4 Å². The molecule has 0 aliphatic heterocycles. The molecule has 2 rings (SSSR count). The van der Waals surface area contributed by atoms with Crippen LogP contribution in [-0.2, 0) is 6.42 Å². The number of carbonyl (C=O) groups excluding carboxylic acids is 1. The van der Waals surface area contributed by atoms with E-state index in [2.05, 4.69) is 10.3 Å². The maximum absolute atomic E-state index is 13.0. The summed E-state index contributed by atoms with van der Waals surface area (Å²) in [7, 11) is 5.45. The average Bonchev–Trinajstić information content (AvgIpc) is 2.74. The number of hydrogen-bond donors (Lipinski definition) is 1. The van der Waals surface area contributed by atoms with Crippen molar-refractivity contribution in [3.63, 3.8) is 0 Å². The molecule has 6 nitrogen and oxygen atoms in total. The number of ether oxygens (including phenoxy) is 1. The first-order chi connectivity index (χ1) is 14.4. The Kier molecular flexibility index (Phi) is 11.9. The molecule has 0 saturated heterocycles. The topological polar surface area (TPSA) is 57.2 Å².